The SMILES string of the molecule is CCN(CC)CCN(Cc1cc2ccc(OC)cc2[nH]c1=O)C(=O)Nc1ccc(Cl)cc1. The number of carbonyl (C=O) groups excluding carboxylic acids is 1. The third-order valence-corrected chi connectivity index (χ3v) is 5.71. The van der Waals surface area contributed by atoms with Gasteiger partial charge >= 0.3 is 6.03 Å². The first-order valence-electron chi connectivity index (χ1n) is 10.7. The molecule has 0 saturated heterocycles. The minimum atomic E-state index is -0.270. The fourth-order valence-corrected chi connectivity index (χ4v) is 3.59. The monoisotopic (exact) mass is 456 g/mol. The number of pyridine rings is 1. The average molecular weight is 457 g/mol. The van der Waals surface area contributed by atoms with Crippen molar-refractivity contribution in [1.82, 2.24) is 14.8 Å². The number of hydrogen-bond donors (Lipinski definition) is 2. The molecule has 0 fully saturated rings. The molecular weight excluding hydrogens is 428 g/mol. The number of benzene rings is 2. The van der Waals surface area contributed by atoms with Crippen molar-refractivity contribution in [2.24, 2.45) is 0 Å². The molecule has 1 heterocycles. The topological polar surface area (TPSA) is 77.7 Å². The standard InChI is InChI=1S/C24H29ClN4O3/c1-4-28(5-2)12-13-29(24(31)26-20-9-7-19(25)8-10-20)16-18-14-17-6-11-21(32-3)15-22(17)27-23(18)30/h6-11,14-15H,4-5,12-13,16H2,1-3H3,(H,26,31)(H,27,30). The number of fused-ring (bicyclic) bond motifs is 1. The molecule has 1 aromatic heterocycles. The highest BCUT2D eigenvalue weighted by molar-refractivity contribution is 6.30. The fraction of sp³-hybridized carbons (Fsp3) is 0.333. The van der Waals surface area contributed by atoms with Gasteiger partial charge in [-0.25, -0.2) is 4.79 Å². The van der Waals surface area contributed by atoms with Crippen LogP contribution in [-0.2, 0) is 6.54 Å². The van der Waals surface area contributed by atoms with E-state index in [-0.39, 0.29) is 18.1 Å². The van der Waals surface area contributed by atoms with Gasteiger partial charge in [0.15, 0.2) is 0 Å². The second kappa shape index (κ2) is 11.0. The predicted molar refractivity (Wildman–Crippen MR) is 130 cm³/mol. The van der Waals surface area contributed by atoms with Crippen LogP contribution in [0.2, 0.25) is 5.02 Å². The molecule has 32 heavy (non-hydrogen) atoms. The molecule has 2 aromatic carbocycles. The van der Waals surface area contributed by atoms with Crippen molar-refractivity contribution in [3.05, 3.63) is 69.5 Å². The molecule has 3 rings (SSSR count). The van der Waals surface area contributed by atoms with E-state index in [4.69, 9.17) is 16.3 Å². The summed E-state index contributed by atoms with van der Waals surface area (Å²) in [5, 5.41) is 4.38. The van der Waals surface area contributed by atoms with Crippen LogP contribution in [0.5, 0.6) is 5.75 Å². The maximum Gasteiger partial charge on any atom is 0.322 e. The molecule has 7 nitrogen and oxygen atoms in total. The number of anilines is 1. The van der Waals surface area contributed by atoms with Crippen molar-refractivity contribution in [2.45, 2.75) is 20.4 Å². The van der Waals surface area contributed by atoms with E-state index in [9.17, 15) is 9.59 Å². The lowest BCUT2D eigenvalue weighted by Crippen LogP contribution is -2.41. The van der Waals surface area contributed by atoms with Crippen molar-refractivity contribution in [2.75, 3.05) is 38.6 Å². The van der Waals surface area contributed by atoms with E-state index >= 15 is 0 Å². The number of methoxy groups -OCH3 is 1. The summed E-state index contributed by atoms with van der Waals surface area (Å²) in [5.74, 6) is 0.670. The van der Waals surface area contributed by atoms with E-state index in [1.807, 2.05) is 18.2 Å². The Morgan fingerprint density at radius 2 is 1.78 bits per heavy atom. The average Bonchev–Trinajstić information content (AvgIpc) is 2.80. The lowest BCUT2D eigenvalue weighted by molar-refractivity contribution is 0.194. The van der Waals surface area contributed by atoms with Crippen LogP contribution >= 0.6 is 11.6 Å². The highest BCUT2D eigenvalue weighted by Crippen LogP contribution is 2.19. The molecule has 0 aliphatic heterocycles. The van der Waals surface area contributed by atoms with Crippen LogP contribution in [0.1, 0.15) is 19.4 Å². The maximum absolute atomic E-state index is 13.1. The Balaban J connectivity index is 1.85. The minimum Gasteiger partial charge on any atom is -0.497 e. The van der Waals surface area contributed by atoms with E-state index in [1.54, 1.807) is 42.3 Å². The van der Waals surface area contributed by atoms with E-state index in [0.717, 1.165) is 18.5 Å². The quantitative estimate of drug-likeness (QED) is 0.494. The smallest absolute Gasteiger partial charge is 0.322 e. The van der Waals surface area contributed by atoms with Gasteiger partial charge in [-0.05, 0) is 60.9 Å². The summed E-state index contributed by atoms with van der Waals surface area (Å²) in [6, 6.07) is 14.0. The molecule has 2 N–H and O–H groups in total. The van der Waals surface area contributed by atoms with Gasteiger partial charge in [-0.2, -0.15) is 0 Å². The number of halogens is 1. The third-order valence-electron chi connectivity index (χ3n) is 5.45. The Bertz CT molecular complexity index is 1110. The Kier molecular flexibility index (Phi) is 8.14. The zero-order valence-electron chi connectivity index (χ0n) is 18.7. The molecule has 0 radical (unpaired) electrons. The van der Waals surface area contributed by atoms with Crippen molar-refractivity contribution >= 4 is 34.2 Å². The number of carbonyl (C=O) groups is 1. The first-order chi connectivity index (χ1) is 15.4. The molecule has 0 atom stereocenters. The maximum atomic E-state index is 13.1. The molecule has 0 aliphatic carbocycles. The van der Waals surface area contributed by atoms with Crippen molar-refractivity contribution < 1.29 is 9.53 Å². The first kappa shape index (κ1) is 23.6. The van der Waals surface area contributed by atoms with Crippen LogP contribution in [0.4, 0.5) is 10.5 Å². The highest BCUT2D eigenvalue weighted by atomic mass is 35.5. The third kappa shape index (κ3) is 6.02. The van der Waals surface area contributed by atoms with Crippen LogP contribution in [0.3, 0.4) is 0 Å². The Morgan fingerprint density at radius 1 is 1.06 bits per heavy atom. The van der Waals surface area contributed by atoms with Gasteiger partial charge in [-0.3, -0.25) is 4.79 Å². The van der Waals surface area contributed by atoms with E-state index in [0.29, 0.717) is 40.6 Å². The van der Waals surface area contributed by atoms with Crippen LogP contribution in [0.25, 0.3) is 10.9 Å². The van der Waals surface area contributed by atoms with Crippen LogP contribution in [0, 0.1) is 0 Å². The molecular formula is C24H29ClN4O3. The second-order valence-electron chi connectivity index (χ2n) is 7.46. The molecule has 0 unspecified atom stereocenters. The summed E-state index contributed by atoms with van der Waals surface area (Å²) < 4.78 is 5.23. The van der Waals surface area contributed by atoms with Gasteiger partial charge in [0.05, 0.1) is 19.2 Å². The van der Waals surface area contributed by atoms with Crippen LogP contribution < -0.4 is 15.6 Å². The predicted octanol–water partition coefficient (Wildman–Crippen LogP) is 4.57. The number of ether oxygens (including phenoxy) is 1. The molecule has 0 aliphatic rings. The van der Waals surface area contributed by atoms with Gasteiger partial charge in [-0.1, -0.05) is 25.4 Å². The fourth-order valence-electron chi connectivity index (χ4n) is 3.47. The van der Waals surface area contributed by atoms with Gasteiger partial charge in [0, 0.05) is 35.4 Å². The van der Waals surface area contributed by atoms with E-state index in [1.165, 1.54) is 0 Å². The van der Waals surface area contributed by atoms with Crippen molar-refractivity contribution in [3.63, 3.8) is 0 Å². The van der Waals surface area contributed by atoms with Crippen molar-refractivity contribution in [3.8, 4) is 5.75 Å². The Labute approximate surface area is 192 Å². The second-order valence-corrected chi connectivity index (χ2v) is 7.90. The van der Waals surface area contributed by atoms with E-state index in [2.05, 4.69) is 29.0 Å². The largest absolute Gasteiger partial charge is 0.497 e. The summed E-state index contributed by atoms with van der Waals surface area (Å²) in [6.07, 6.45) is 0. The lowest BCUT2D eigenvalue weighted by Gasteiger charge is -2.26. The summed E-state index contributed by atoms with van der Waals surface area (Å²) in [4.78, 5) is 32.6. The molecule has 3 aromatic rings. The van der Waals surface area contributed by atoms with Gasteiger partial charge in [0.2, 0.25) is 0 Å². The number of likely N-dealkylation sites (N-methyl/N-ethyl adjacent to an activating group) is 1. The first-order valence-corrected chi connectivity index (χ1v) is 11.0. The summed E-state index contributed by atoms with van der Waals surface area (Å²) >= 11 is 5.94. The van der Waals surface area contributed by atoms with Gasteiger partial charge < -0.3 is 24.8 Å². The molecule has 0 spiro atoms. The van der Waals surface area contributed by atoms with Gasteiger partial charge in [-0.15, -0.1) is 0 Å². The molecule has 170 valence electrons. The Hall–Kier alpha value is -3.03. The van der Waals surface area contributed by atoms with Crippen molar-refractivity contribution in [1.29, 1.82) is 0 Å². The molecule has 0 bridgehead atoms. The minimum absolute atomic E-state index is 0.192. The number of nitrogens with zero attached hydrogens (tertiary/aromatic N) is 2. The molecule has 2 amide bonds. The van der Waals surface area contributed by atoms with Gasteiger partial charge in [0.1, 0.15) is 5.75 Å². The Morgan fingerprint density at radius 3 is 2.44 bits per heavy atom. The number of amides is 2. The molecule has 8 heteroatoms. The highest BCUT2D eigenvalue weighted by Gasteiger charge is 2.17. The number of aromatic amines is 1. The molecule has 0 saturated carbocycles. The number of hydrogen-bond acceptors (Lipinski definition) is 4. The number of nitrogens with one attached hydrogen (secondary N) is 2. The lowest BCUT2D eigenvalue weighted by atomic mass is 10.1. The van der Waals surface area contributed by atoms with E-state index < -0.39 is 0 Å². The van der Waals surface area contributed by atoms with Gasteiger partial charge in [0.25, 0.3) is 5.56 Å². The zero-order valence-corrected chi connectivity index (χ0v) is 19.4. The number of H-pyrrole nitrogens is 1. The number of rotatable bonds is 9. The summed E-state index contributed by atoms with van der Waals surface area (Å²) in [6.45, 7) is 7.35. The zero-order chi connectivity index (χ0) is 23.1. The normalized spacial score (nSPS) is 11.0. The number of urea groups is 1. The summed E-state index contributed by atoms with van der Waals surface area (Å²) in [7, 11) is 1.58. The van der Waals surface area contributed by atoms with Crippen LogP contribution in [-0.4, -0.2) is 54.1 Å². The van der Waals surface area contributed by atoms with Crippen LogP contribution in [0.15, 0.2) is 53.3 Å². The number of aromatic nitrogens is 1. The summed E-state index contributed by atoms with van der Waals surface area (Å²) in [5.41, 5.74) is 1.64.